The second-order valence-electron chi connectivity index (χ2n) is 9.67. The summed E-state index contributed by atoms with van der Waals surface area (Å²) in [6, 6.07) is 17.8. The van der Waals surface area contributed by atoms with Crippen LogP contribution in [0.2, 0.25) is 0 Å². The Kier molecular flexibility index (Phi) is 4.24. The van der Waals surface area contributed by atoms with Crippen molar-refractivity contribution in [3.05, 3.63) is 48.5 Å². The van der Waals surface area contributed by atoms with Crippen LogP contribution in [0.3, 0.4) is 0 Å². The van der Waals surface area contributed by atoms with Gasteiger partial charge in [-0.15, -0.1) is 0 Å². The molecule has 0 unspecified atom stereocenters. The Balaban J connectivity index is 1.15. The number of nitrogens with one attached hydrogen (secondary N) is 1. The SMILES string of the molecule is c1ccc2c(c1)Sc1ccccc1N2CCCNC12CC3CC(CC(C3)C1)C2. The van der Waals surface area contributed by atoms with Crippen molar-refractivity contribution < 1.29 is 0 Å². The topological polar surface area (TPSA) is 15.3 Å². The molecule has 4 aliphatic carbocycles. The van der Waals surface area contributed by atoms with Gasteiger partial charge in [-0.25, -0.2) is 0 Å². The van der Waals surface area contributed by atoms with Crippen LogP contribution in [0.25, 0.3) is 0 Å². The lowest BCUT2D eigenvalue weighted by Crippen LogP contribution is -2.58. The van der Waals surface area contributed by atoms with Crippen LogP contribution in [0.1, 0.15) is 44.9 Å². The van der Waals surface area contributed by atoms with Crippen molar-refractivity contribution in [1.82, 2.24) is 5.32 Å². The average Bonchev–Trinajstić information content (AvgIpc) is 2.69. The van der Waals surface area contributed by atoms with Gasteiger partial charge in [0.25, 0.3) is 0 Å². The van der Waals surface area contributed by atoms with Crippen LogP contribution in [-0.2, 0) is 0 Å². The third-order valence-corrected chi connectivity index (χ3v) is 8.76. The highest BCUT2D eigenvalue weighted by Gasteiger charge is 2.50. The molecule has 4 saturated carbocycles. The second-order valence-corrected chi connectivity index (χ2v) is 10.8. The third kappa shape index (κ3) is 2.98. The van der Waals surface area contributed by atoms with E-state index >= 15 is 0 Å². The van der Waals surface area contributed by atoms with E-state index in [4.69, 9.17) is 0 Å². The second kappa shape index (κ2) is 6.81. The molecule has 2 aromatic carbocycles. The maximum absolute atomic E-state index is 4.08. The highest BCUT2D eigenvalue weighted by Crippen LogP contribution is 2.55. The first-order valence-corrected chi connectivity index (χ1v) is 12.0. The van der Waals surface area contributed by atoms with E-state index in [-0.39, 0.29) is 0 Å². The Bertz CT molecular complexity index is 796. The molecule has 0 atom stereocenters. The quantitative estimate of drug-likeness (QED) is 0.609. The molecule has 4 fully saturated rings. The number of fused-ring (bicyclic) bond motifs is 2. The summed E-state index contributed by atoms with van der Waals surface area (Å²) in [5.74, 6) is 3.07. The Morgan fingerprint density at radius 1 is 0.821 bits per heavy atom. The standard InChI is InChI=1S/C25H30N2S/c1-3-8-23-21(6-1)27(22-7-2-4-9-24(22)28-23)11-5-10-26-25-15-18-12-19(16-25)14-20(13-18)17-25/h1-4,6-9,18-20,26H,5,10-17H2. The summed E-state index contributed by atoms with van der Waals surface area (Å²) in [4.78, 5) is 5.31. The van der Waals surface area contributed by atoms with Gasteiger partial charge in [0.1, 0.15) is 0 Å². The number of rotatable bonds is 5. The van der Waals surface area contributed by atoms with Crippen molar-refractivity contribution >= 4 is 23.1 Å². The minimum Gasteiger partial charge on any atom is -0.340 e. The van der Waals surface area contributed by atoms with Gasteiger partial charge in [0.05, 0.1) is 11.4 Å². The smallest absolute Gasteiger partial charge is 0.0552 e. The molecule has 5 aliphatic rings. The Hall–Kier alpha value is -1.45. The van der Waals surface area contributed by atoms with Crippen molar-refractivity contribution in [1.29, 1.82) is 0 Å². The van der Waals surface area contributed by atoms with E-state index in [2.05, 4.69) is 58.7 Å². The molecular formula is C25H30N2S. The molecule has 0 radical (unpaired) electrons. The zero-order valence-electron chi connectivity index (χ0n) is 16.6. The van der Waals surface area contributed by atoms with E-state index in [1.54, 1.807) is 0 Å². The lowest BCUT2D eigenvalue weighted by molar-refractivity contribution is -0.0194. The minimum atomic E-state index is 0.488. The van der Waals surface area contributed by atoms with Crippen molar-refractivity contribution in [2.45, 2.75) is 60.3 Å². The predicted molar refractivity (Wildman–Crippen MR) is 118 cm³/mol. The molecule has 1 aliphatic heterocycles. The van der Waals surface area contributed by atoms with E-state index in [0.29, 0.717) is 5.54 Å². The normalized spacial score (nSPS) is 32.3. The van der Waals surface area contributed by atoms with Gasteiger partial charge >= 0.3 is 0 Å². The van der Waals surface area contributed by atoms with Gasteiger partial charge in [-0.1, -0.05) is 36.0 Å². The average molecular weight is 391 g/mol. The van der Waals surface area contributed by atoms with Crippen LogP contribution in [0.4, 0.5) is 11.4 Å². The first kappa shape index (κ1) is 17.4. The summed E-state index contributed by atoms with van der Waals surface area (Å²) in [6.45, 7) is 2.24. The van der Waals surface area contributed by atoms with Crippen molar-refractivity contribution in [2.24, 2.45) is 17.8 Å². The van der Waals surface area contributed by atoms with E-state index in [1.807, 2.05) is 11.8 Å². The van der Waals surface area contributed by atoms with Gasteiger partial charge in [0.15, 0.2) is 0 Å². The highest BCUT2D eigenvalue weighted by molar-refractivity contribution is 7.99. The number of benzene rings is 2. The van der Waals surface area contributed by atoms with E-state index in [0.717, 1.165) is 30.8 Å². The zero-order valence-corrected chi connectivity index (χ0v) is 17.4. The van der Waals surface area contributed by atoms with Crippen molar-refractivity contribution in [3.8, 4) is 0 Å². The van der Waals surface area contributed by atoms with Gasteiger partial charge in [-0.05, 0) is 93.5 Å². The fourth-order valence-corrected chi connectivity index (χ4v) is 8.04. The Morgan fingerprint density at radius 2 is 1.36 bits per heavy atom. The number of hydrogen-bond acceptors (Lipinski definition) is 3. The molecule has 146 valence electrons. The molecule has 4 bridgehead atoms. The summed E-state index contributed by atoms with van der Waals surface area (Å²) in [5, 5.41) is 4.08. The van der Waals surface area contributed by atoms with E-state index in [9.17, 15) is 0 Å². The predicted octanol–water partition coefficient (Wildman–Crippen LogP) is 6.24. The fraction of sp³-hybridized carbons (Fsp3) is 0.520. The largest absolute Gasteiger partial charge is 0.340 e. The van der Waals surface area contributed by atoms with Crippen molar-refractivity contribution in [3.63, 3.8) is 0 Å². The number of para-hydroxylation sites is 2. The van der Waals surface area contributed by atoms with E-state index in [1.165, 1.54) is 66.1 Å². The lowest BCUT2D eigenvalue weighted by atomic mass is 9.53. The fourth-order valence-electron chi connectivity index (χ4n) is 6.94. The number of anilines is 2. The van der Waals surface area contributed by atoms with Gasteiger partial charge in [-0.2, -0.15) is 0 Å². The van der Waals surface area contributed by atoms with E-state index < -0.39 is 0 Å². The minimum absolute atomic E-state index is 0.488. The maximum Gasteiger partial charge on any atom is 0.0552 e. The first-order valence-electron chi connectivity index (χ1n) is 11.2. The number of hydrogen-bond donors (Lipinski definition) is 1. The molecule has 0 amide bonds. The molecular weight excluding hydrogens is 360 g/mol. The van der Waals surface area contributed by atoms with Gasteiger partial charge in [0, 0.05) is 21.9 Å². The third-order valence-electron chi connectivity index (χ3n) is 7.63. The van der Waals surface area contributed by atoms with Gasteiger partial charge in [0.2, 0.25) is 0 Å². The summed E-state index contributed by atoms with van der Waals surface area (Å²) in [7, 11) is 0. The van der Waals surface area contributed by atoms with Crippen molar-refractivity contribution in [2.75, 3.05) is 18.0 Å². The molecule has 2 aromatic rings. The first-order chi connectivity index (χ1) is 13.8. The molecule has 0 saturated heterocycles. The molecule has 1 N–H and O–H groups in total. The number of nitrogens with zero attached hydrogens (tertiary/aromatic N) is 1. The van der Waals surface area contributed by atoms with Gasteiger partial charge < -0.3 is 10.2 Å². The van der Waals surface area contributed by atoms with Crippen LogP contribution in [-0.4, -0.2) is 18.6 Å². The summed E-state index contributed by atoms with van der Waals surface area (Å²) < 4.78 is 0. The van der Waals surface area contributed by atoms with Gasteiger partial charge in [-0.3, -0.25) is 0 Å². The van der Waals surface area contributed by atoms with Crippen LogP contribution < -0.4 is 10.2 Å². The molecule has 0 spiro atoms. The highest BCUT2D eigenvalue weighted by atomic mass is 32.2. The maximum atomic E-state index is 4.08. The van der Waals surface area contributed by atoms with Crippen LogP contribution in [0.15, 0.2) is 58.3 Å². The molecule has 7 rings (SSSR count). The zero-order chi connectivity index (χ0) is 18.6. The summed E-state index contributed by atoms with van der Waals surface area (Å²) in [6.07, 6.45) is 10.1. The molecule has 1 heterocycles. The molecule has 3 heteroatoms. The molecule has 0 aromatic heterocycles. The Morgan fingerprint density at radius 3 is 1.93 bits per heavy atom. The summed E-state index contributed by atoms with van der Waals surface area (Å²) in [5.41, 5.74) is 3.24. The monoisotopic (exact) mass is 390 g/mol. The van der Waals surface area contributed by atoms with Crippen LogP contribution >= 0.6 is 11.8 Å². The van der Waals surface area contributed by atoms with Crippen LogP contribution in [0.5, 0.6) is 0 Å². The Labute approximate surface area is 173 Å². The molecule has 28 heavy (non-hydrogen) atoms. The molecule has 2 nitrogen and oxygen atoms in total. The van der Waals surface area contributed by atoms with Crippen LogP contribution in [0, 0.1) is 17.8 Å². The summed E-state index contributed by atoms with van der Waals surface area (Å²) >= 11 is 1.91. The lowest BCUT2D eigenvalue weighted by Gasteiger charge is -2.57.